The number of hydrogen-bond donors (Lipinski definition) is 1. The Morgan fingerprint density at radius 1 is 1.40 bits per heavy atom. The number of hydrogen-bond acceptors (Lipinski definition) is 2. The molecule has 1 aromatic rings. The van der Waals surface area contributed by atoms with Gasteiger partial charge in [0.05, 0.1) is 7.11 Å². The Morgan fingerprint density at radius 3 is 2.53 bits per heavy atom. The first-order chi connectivity index (χ1) is 7.31. The van der Waals surface area contributed by atoms with Gasteiger partial charge in [0.25, 0.3) is 0 Å². The van der Waals surface area contributed by atoms with Crippen molar-refractivity contribution in [2.45, 2.75) is 20.4 Å². The summed E-state index contributed by atoms with van der Waals surface area (Å²) >= 11 is 0. The molecule has 0 saturated carbocycles. The minimum atomic E-state index is 0.853. The first kappa shape index (κ1) is 13.7. The number of nitrogens with one attached hydrogen (secondary N) is 1. The van der Waals surface area contributed by atoms with Gasteiger partial charge in [0.2, 0.25) is 0 Å². The van der Waals surface area contributed by atoms with Crippen LogP contribution >= 0.6 is 0 Å². The predicted octanol–water partition coefficient (Wildman–Crippen LogP) is 3.08. The van der Waals surface area contributed by atoms with Gasteiger partial charge in [-0.3, -0.25) is 0 Å². The van der Waals surface area contributed by atoms with Crippen molar-refractivity contribution in [3.8, 4) is 5.75 Å². The van der Waals surface area contributed by atoms with Crippen molar-refractivity contribution < 1.29 is 4.74 Å². The topological polar surface area (TPSA) is 21.3 Å². The molecule has 0 aliphatic carbocycles. The van der Waals surface area contributed by atoms with Crippen molar-refractivity contribution in [3.05, 3.63) is 35.9 Å². The fourth-order valence-electron chi connectivity index (χ4n) is 1.24. The van der Waals surface area contributed by atoms with Crippen LogP contribution in [0.5, 0.6) is 5.75 Å². The standard InChI is InChI=1S/C11H15NO.C2H6/c1-4-9-7-11(13-3)6-5-10(9)8-12-2;1-2/h4-7,12H,1,8H2,2-3H3;1-2H3. The zero-order valence-electron chi connectivity index (χ0n) is 10.1. The number of rotatable bonds is 4. The highest BCUT2D eigenvalue weighted by atomic mass is 16.5. The van der Waals surface area contributed by atoms with Gasteiger partial charge in [0, 0.05) is 6.54 Å². The summed E-state index contributed by atoms with van der Waals surface area (Å²) in [5.74, 6) is 0.870. The Bertz CT molecular complexity index is 295. The molecule has 0 heterocycles. The summed E-state index contributed by atoms with van der Waals surface area (Å²) in [5, 5.41) is 3.11. The molecule has 1 aromatic carbocycles. The smallest absolute Gasteiger partial charge is 0.119 e. The van der Waals surface area contributed by atoms with E-state index >= 15 is 0 Å². The van der Waals surface area contributed by atoms with Crippen LogP contribution < -0.4 is 10.1 Å². The lowest BCUT2D eigenvalue weighted by molar-refractivity contribution is 0.414. The SMILES string of the molecule is C=Cc1cc(OC)ccc1CNC.CC. The second kappa shape index (κ2) is 8.06. The van der Waals surface area contributed by atoms with E-state index in [1.165, 1.54) is 5.56 Å². The van der Waals surface area contributed by atoms with Crippen LogP contribution in [-0.4, -0.2) is 14.2 Å². The van der Waals surface area contributed by atoms with Gasteiger partial charge >= 0.3 is 0 Å². The summed E-state index contributed by atoms with van der Waals surface area (Å²) in [5.41, 5.74) is 2.35. The fraction of sp³-hybridized carbons (Fsp3) is 0.385. The molecule has 84 valence electrons. The maximum atomic E-state index is 5.12. The minimum absolute atomic E-state index is 0.853. The van der Waals surface area contributed by atoms with Gasteiger partial charge in [0.1, 0.15) is 5.75 Å². The summed E-state index contributed by atoms with van der Waals surface area (Å²) in [4.78, 5) is 0. The van der Waals surface area contributed by atoms with Gasteiger partial charge in [-0.25, -0.2) is 0 Å². The monoisotopic (exact) mass is 207 g/mol. The summed E-state index contributed by atoms with van der Waals surface area (Å²) in [6.07, 6.45) is 1.84. The van der Waals surface area contributed by atoms with Crippen molar-refractivity contribution >= 4 is 6.08 Å². The molecule has 1 N–H and O–H groups in total. The third-order valence-electron chi connectivity index (χ3n) is 1.94. The number of ether oxygens (including phenoxy) is 1. The van der Waals surface area contributed by atoms with E-state index in [-0.39, 0.29) is 0 Å². The van der Waals surface area contributed by atoms with Crippen LogP contribution in [-0.2, 0) is 6.54 Å². The van der Waals surface area contributed by atoms with Gasteiger partial charge < -0.3 is 10.1 Å². The predicted molar refractivity (Wildman–Crippen MR) is 67.2 cm³/mol. The summed E-state index contributed by atoms with van der Waals surface area (Å²) in [7, 11) is 3.59. The Kier molecular flexibility index (Phi) is 7.38. The van der Waals surface area contributed by atoms with Crippen molar-refractivity contribution in [1.29, 1.82) is 0 Å². The van der Waals surface area contributed by atoms with E-state index in [1.807, 2.05) is 45.2 Å². The lowest BCUT2D eigenvalue weighted by atomic mass is 10.1. The molecular weight excluding hydrogens is 186 g/mol. The lowest BCUT2D eigenvalue weighted by Gasteiger charge is -2.07. The van der Waals surface area contributed by atoms with E-state index in [9.17, 15) is 0 Å². The third kappa shape index (κ3) is 4.17. The van der Waals surface area contributed by atoms with E-state index < -0.39 is 0 Å². The number of methoxy groups -OCH3 is 1. The molecule has 0 saturated heterocycles. The zero-order valence-corrected chi connectivity index (χ0v) is 10.1. The van der Waals surface area contributed by atoms with Crippen LogP contribution in [0.1, 0.15) is 25.0 Å². The summed E-state index contributed by atoms with van der Waals surface area (Å²) in [6.45, 7) is 8.62. The van der Waals surface area contributed by atoms with Crippen LogP contribution in [0.15, 0.2) is 24.8 Å². The minimum Gasteiger partial charge on any atom is -0.497 e. The highest BCUT2D eigenvalue weighted by Gasteiger charge is 1.99. The number of benzene rings is 1. The van der Waals surface area contributed by atoms with Gasteiger partial charge in [-0.15, -0.1) is 0 Å². The zero-order chi connectivity index (χ0) is 11.7. The molecule has 0 atom stereocenters. The summed E-state index contributed by atoms with van der Waals surface area (Å²) < 4.78 is 5.12. The van der Waals surface area contributed by atoms with Gasteiger partial charge in [-0.1, -0.05) is 32.6 Å². The van der Waals surface area contributed by atoms with Gasteiger partial charge in [-0.2, -0.15) is 0 Å². The fourth-order valence-corrected chi connectivity index (χ4v) is 1.24. The highest BCUT2D eigenvalue weighted by Crippen LogP contribution is 2.18. The molecule has 2 heteroatoms. The van der Waals surface area contributed by atoms with Crippen LogP contribution in [0.25, 0.3) is 6.08 Å². The first-order valence-electron chi connectivity index (χ1n) is 5.25. The Morgan fingerprint density at radius 2 is 2.07 bits per heavy atom. The van der Waals surface area contributed by atoms with Gasteiger partial charge in [0.15, 0.2) is 0 Å². The molecule has 0 fully saturated rings. The van der Waals surface area contributed by atoms with E-state index in [4.69, 9.17) is 4.74 Å². The molecule has 0 aliphatic heterocycles. The van der Waals surface area contributed by atoms with Crippen LogP contribution in [0.3, 0.4) is 0 Å². The Labute approximate surface area is 93.0 Å². The molecule has 0 aliphatic rings. The average molecular weight is 207 g/mol. The molecule has 0 spiro atoms. The molecule has 2 nitrogen and oxygen atoms in total. The maximum absolute atomic E-state index is 5.12. The van der Waals surface area contributed by atoms with Crippen molar-refractivity contribution in [2.75, 3.05) is 14.2 Å². The maximum Gasteiger partial charge on any atom is 0.119 e. The average Bonchev–Trinajstić information content (AvgIpc) is 2.32. The molecule has 0 unspecified atom stereocenters. The molecule has 0 amide bonds. The lowest BCUT2D eigenvalue weighted by Crippen LogP contribution is -2.06. The molecule has 15 heavy (non-hydrogen) atoms. The highest BCUT2D eigenvalue weighted by molar-refractivity contribution is 5.54. The van der Waals surface area contributed by atoms with E-state index in [0.29, 0.717) is 0 Å². The van der Waals surface area contributed by atoms with Crippen molar-refractivity contribution in [3.63, 3.8) is 0 Å². The second-order valence-electron chi connectivity index (χ2n) is 2.80. The van der Waals surface area contributed by atoms with Crippen LogP contribution in [0.2, 0.25) is 0 Å². The molecule has 0 radical (unpaired) electrons. The summed E-state index contributed by atoms with van der Waals surface area (Å²) in [6, 6.07) is 5.99. The third-order valence-corrected chi connectivity index (χ3v) is 1.94. The van der Waals surface area contributed by atoms with Crippen LogP contribution in [0.4, 0.5) is 0 Å². The molecular formula is C13H21NO. The largest absolute Gasteiger partial charge is 0.497 e. The molecule has 0 aromatic heterocycles. The van der Waals surface area contributed by atoms with Crippen molar-refractivity contribution in [1.82, 2.24) is 5.32 Å². The quantitative estimate of drug-likeness (QED) is 0.819. The van der Waals surface area contributed by atoms with Crippen molar-refractivity contribution in [2.24, 2.45) is 0 Å². The second-order valence-corrected chi connectivity index (χ2v) is 2.80. The first-order valence-corrected chi connectivity index (χ1v) is 5.25. The Hall–Kier alpha value is -1.28. The molecule has 0 bridgehead atoms. The van der Waals surface area contributed by atoms with E-state index in [2.05, 4.69) is 11.9 Å². The van der Waals surface area contributed by atoms with E-state index in [1.54, 1.807) is 7.11 Å². The normalized spacial score (nSPS) is 8.80. The Balaban J connectivity index is 0.000000921. The van der Waals surface area contributed by atoms with E-state index in [0.717, 1.165) is 17.9 Å². The van der Waals surface area contributed by atoms with Crippen LogP contribution in [0, 0.1) is 0 Å². The molecule has 1 rings (SSSR count). The van der Waals surface area contributed by atoms with Gasteiger partial charge in [-0.05, 0) is 30.3 Å².